The van der Waals surface area contributed by atoms with Crippen molar-refractivity contribution in [2.75, 3.05) is 0 Å². The van der Waals surface area contributed by atoms with Crippen molar-refractivity contribution >= 4 is 11.8 Å². The molecule has 90 valence electrons. The van der Waals surface area contributed by atoms with Crippen molar-refractivity contribution in [2.45, 2.75) is 38.1 Å². The second-order valence-corrected chi connectivity index (χ2v) is 5.16. The second kappa shape index (κ2) is 4.13. The second-order valence-electron chi connectivity index (χ2n) is 5.16. The van der Waals surface area contributed by atoms with Crippen LogP contribution in [0.1, 0.15) is 32.1 Å². The first-order valence-electron chi connectivity index (χ1n) is 6.51. The van der Waals surface area contributed by atoms with Gasteiger partial charge >= 0.3 is 0 Å². The van der Waals surface area contributed by atoms with Crippen LogP contribution < -0.4 is 0 Å². The lowest BCUT2D eigenvalue weighted by Crippen LogP contribution is -2.41. The van der Waals surface area contributed by atoms with Gasteiger partial charge in [0.15, 0.2) is 0 Å². The summed E-state index contributed by atoms with van der Waals surface area (Å²) in [6.07, 6.45) is 13.0. The van der Waals surface area contributed by atoms with Crippen LogP contribution in [0.2, 0.25) is 0 Å². The van der Waals surface area contributed by atoms with E-state index >= 15 is 0 Å². The van der Waals surface area contributed by atoms with E-state index in [1.807, 2.05) is 24.3 Å². The number of likely N-dealkylation sites (tertiary alicyclic amines) is 1. The van der Waals surface area contributed by atoms with Crippen LogP contribution in [0.25, 0.3) is 0 Å². The molecule has 0 radical (unpaired) electrons. The molecule has 2 fully saturated rings. The van der Waals surface area contributed by atoms with E-state index in [-0.39, 0.29) is 29.7 Å². The standard InChI is InChI=1S/C14H17NO2/c16-13-11-8-4-5-9-12(11)14(17)15(13)10-6-2-1-3-7-10/h4-5,8-12H,1-3,6-7H2/t11-,12-/m1/s1. The molecule has 3 heteroatoms. The molecule has 1 saturated carbocycles. The molecule has 2 aliphatic carbocycles. The highest BCUT2D eigenvalue weighted by atomic mass is 16.2. The number of hydrogen-bond acceptors (Lipinski definition) is 2. The highest BCUT2D eigenvalue weighted by Gasteiger charge is 2.48. The van der Waals surface area contributed by atoms with Gasteiger partial charge < -0.3 is 0 Å². The Morgan fingerprint density at radius 3 is 1.94 bits per heavy atom. The van der Waals surface area contributed by atoms with E-state index in [0.29, 0.717) is 0 Å². The van der Waals surface area contributed by atoms with Gasteiger partial charge in [-0.05, 0) is 12.8 Å². The maximum absolute atomic E-state index is 12.3. The average Bonchev–Trinajstić information content (AvgIpc) is 2.64. The van der Waals surface area contributed by atoms with E-state index in [9.17, 15) is 9.59 Å². The van der Waals surface area contributed by atoms with Crippen LogP contribution in [0.15, 0.2) is 24.3 Å². The third-order valence-corrected chi connectivity index (χ3v) is 4.12. The fourth-order valence-electron chi connectivity index (χ4n) is 3.21. The fourth-order valence-corrected chi connectivity index (χ4v) is 3.21. The molecular weight excluding hydrogens is 214 g/mol. The van der Waals surface area contributed by atoms with Gasteiger partial charge in [0.1, 0.15) is 0 Å². The van der Waals surface area contributed by atoms with Crippen LogP contribution >= 0.6 is 0 Å². The molecule has 1 aliphatic heterocycles. The highest BCUT2D eigenvalue weighted by molar-refractivity contribution is 6.07. The number of rotatable bonds is 1. The van der Waals surface area contributed by atoms with Gasteiger partial charge in [0.25, 0.3) is 0 Å². The monoisotopic (exact) mass is 231 g/mol. The minimum Gasteiger partial charge on any atom is -0.278 e. The first-order chi connectivity index (χ1) is 8.29. The molecule has 17 heavy (non-hydrogen) atoms. The summed E-state index contributed by atoms with van der Waals surface area (Å²) >= 11 is 0. The predicted molar refractivity (Wildman–Crippen MR) is 64.0 cm³/mol. The van der Waals surface area contributed by atoms with Gasteiger partial charge in [0, 0.05) is 6.04 Å². The molecule has 0 aromatic heterocycles. The summed E-state index contributed by atoms with van der Waals surface area (Å²) in [7, 11) is 0. The van der Waals surface area contributed by atoms with Gasteiger partial charge in [0.05, 0.1) is 11.8 Å². The predicted octanol–water partition coefficient (Wildman–Crippen LogP) is 2.05. The largest absolute Gasteiger partial charge is 0.278 e. The molecule has 1 saturated heterocycles. The lowest BCUT2D eigenvalue weighted by molar-refractivity contribution is -0.142. The van der Waals surface area contributed by atoms with Gasteiger partial charge in [-0.15, -0.1) is 0 Å². The summed E-state index contributed by atoms with van der Waals surface area (Å²) in [5.74, 6) is -0.413. The van der Waals surface area contributed by atoms with Crippen molar-refractivity contribution in [3.8, 4) is 0 Å². The van der Waals surface area contributed by atoms with Gasteiger partial charge in [-0.25, -0.2) is 0 Å². The first-order valence-corrected chi connectivity index (χ1v) is 6.51. The minimum absolute atomic E-state index is 0.0208. The van der Waals surface area contributed by atoms with Gasteiger partial charge in [-0.3, -0.25) is 14.5 Å². The zero-order chi connectivity index (χ0) is 11.8. The Hall–Kier alpha value is -1.38. The number of carbonyl (C=O) groups excluding carboxylic acids is 2. The van der Waals surface area contributed by atoms with Gasteiger partial charge in [0.2, 0.25) is 11.8 Å². The van der Waals surface area contributed by atoms with Crippen molar-refractivity contribution in [2.24, 2.45) is 11.8 Å². The van der Waals surface area contributed by atoms with E-state index in [2.05, 4.69) is 0 Å². The number of nitrogens with zero attached hydrogens (tertiary/aromatic N) is 1. The molecule has 0 spiro atoms. The van der Waals surface area contributed by atoms with Crippen LogP contribution in [-0.4, -0.2) is 22.8 Å². The summed E-state index contributed by atoms with van der Waals surface area (Å²) in [6.45, 7) is 0. The molecule has 0 N–H and O–H groups in total. The van der Waals surface area contributed by atoms with Crippen molar-refractivity contribution in [3.63, 3.8) is 0 Å². The quantitative estimate of drug-likeness (QED) is 0.648. The smallest absolute Gasteiger partial charge is 0.237 e. The molecule has 0 unspecified atom stereocenters. The maximum atomic E-state index is 12.3. The minimum atomic E-state index is -0.227. The molecule has 0 aromatic carbocycles. The molecule has 3 nitrogen and oxygen atoms in total. The third-order valence-electron chi connectivity index (χ3n) is 4.12. The summed E-state index contributed by atoms with van der Waals surface area (Å²) in [4.78, 5) is 26.1. The first kappa shape index (κ1) is 10.8. The normalized spacial score (nSPS) is 33.3. The molecule has 0 aromatic rings. The highest BCUT2D eigenvalue weighted by Crippen LogP contribution is 2.35. The van der Waals surface area contributed by atoms with E-state index in [1.54, 1.807) is 4.90 Å². The SMILES string of the molecule is O=C1[C@@H]2C=CC=C[C@H]2C(=O)N1C1CCCCC1. The summed E-state index contributed by atoms with van der Waals surface area (Å²) < 4.78 is 0. The molecule has 3 rings (SSSR count). The maximum Gasteiger partial charge on any atom is 0.237 e. The van der Waals surface area contributed by atoms with Crippen molar-refractivity contribution in [1.29, 1.82) is 0 Å². The number of amides is 2. The topological polar surface area (TPSA) is 37.4 Å². The van der Waals surface area contributed by atoms with Gasteiger partial charge in [-0.1, -0.05) is 43.6 Å². The zero-order valence-electron chi connectivity index (χ0n) is 9.84. The van der Waals surface area contributed by atoms with E-state index in [0.717, 1.165) is 25.7 Å². The number of hydrogen-bond donors (Lipinski definition) is 0. The zero-order valence-corrected chi connectivity index (χ0v) is 9.84. The fraction of sp³-hybridized carbons (Fsp3) is 0.571. The van der Waals surface area contributed by atoms with Crippen molar-refractivity contribution < 1.29 is 9.59 Å². The molecular formula is C14H17NO2. The molecule has 0 bridgehead atoms. The number of allylic oxidation sites excluding steroid dienone is 2. The third kappa shape index (κ3) is 1.65. The Balaban J connectivity index is 1.85. The van der Waals surface area contributed by atoms with Gasteiger partial charge in [-0.2, -0.15) is 0 Å². The Bertz CT molecular complexity index is 374. The van der Waals surface area contributed by atoms with Crippen LogP contribution in [0.3, 0.4) is 0 Å². The van der Waals surface area contributed by atoms with E-state index in [4.69, 9.17) is 0 Å². The summed E-state index contributed by atoms with van der Waals surface area (Å²) in [5, 5.41) is 0. The van der Waals surface area contributed by atoms with E-state index in [1.165, 1.54) is 6.42 Å². The lowest BCUT2D eigenvalue weighted by atomic mass is 9.91. The number of imide groups is 1. The number of fused-ring (bicyclic) bond motifs is 1. The summed E-state index contributed by atoms with van der Waals surface area (Å²) in [6, 6.07) is 0.163. The van der Waals surface area contributed by atoms with Crippen LogP contribution in [0.5, 0.6) is 0 Å². The Morgan fingerprint density at radius 2 is 1.41 bits per heavy atom. The Morgan fingerprint density at radius 1 is 0.882 bits per heavy atom. The molecule has 3 aliphatic rings. The lowest BCUT2D eigenvalue weighted by Gasteiger charge is -2.29. The molecule has 2 amide bonds. The van der Waals surface area contributed by atoms with Crippen LogP contribution in [0.4, 0.5) is 0 Å². The number of carbonyl (C=O) groups is 2. The average molecular weight is 231 g/mol. The van der Waals surface area contributed by atoms with E-state index < -0.39 is 0 Å². The molecule has 2 atom stereocenters. The van der Waals surface area contributed by atoms with Crippen molar-refractivity contribution in [1.82, 2.24) is 4.90 Å². The summed E-state index contributed by atoms with van der Waals surface area (Å²) in [5.41, 5.74) is 0. The molecule has 1 heterocycles. The van der Waals surface area contributed by atoms with Crippen molar-refractivity contribution in [3.05, 3.63) is 24.3 Å². The van der Waals surface area contributed by atoms with Crippen LogP contribution in [-0.2, 0) is 9.59 Å². The Kier molecular flexibility index (Phi) is 2.61. The van der Waals surface area contributed by atoms with Crippen LogP contribution in [0, 0.1) is 11.8 Å². The Labute approximate surface area is 101 Å².